The number of ether oxygens (including phenoxy) is 1. The van der Waals surface area contributed by atoms with E-state index < -0.39 is 22.5 Å². The molecule has 1 aromatic heterocycles. The average Bonchev–Trinajstić information content (AvgIpc) is 3.03. The van der Waals surface area contributed by atoms with Crippen molar-refractivity contribution in [2.45, 2.75) is 13.5 Å². The number of amides is 1. The molecular formula is C18H12ClF2N3O5. The van der Waals surface area contributed by atoms with E-state index in [-0.39, 0.29) is 45.8 Å². The predicted molar refractivity (Wildman–Crippen MR) is 98.0 cm³/mol. The van der Waals surface area contributed by atoms with Crippen molar-refractivity contribution in [1.82, 2.24) is 5.16 Å². The summed E-state index contributed by atoms with van der Waals surface area (Å²) in [6.07, 6.45) is 0. The van der Waals surface area contributed by atoms with Crippen molar-refractivity contribution in [2.75, 3.05) is 5.32 Å². The highest BCUT2D eigenvalue weighted by Gasteiger charge is 2.22. The Bertz CT molecular complexity index is 1100. The van der Waals surface area contributed by atoms with Crippen LogP contribution in [0.2, 0.25) is 5.02 Å². The third-order valence-corrected chi connectivity index (χ3v) is 4.20. The Balaban J connectivity index is 1.81. The largest absolute Gasteiger partial charge is 0.486 e. The molecule has 0 aliphatic rings. The first kappa shape index (κ1) is 20.2. The summed E-state index contributed by atoms with van der Waals surface area (Å²) in [4.78, 5) is 22.8. The van der Waals surface area contributed by atoms with Crippen LogP contribution in [-0.4, -0.2) is 16.0 Å². The van der Waals surface area contributed by atoms with Crippen molar-refractivity contribution >= 4 is 28.9 Å². The number of benzene rings is 2. The number of aromatic nitrogens is 1. The van der Waals surface area contributed by atoms with Gasteiger partial charge in [0.25, 0.3) is 11.6 Å². The maximum atomic E-state index is 13.7. The van der Waals surface area contributed by atoms with E-state index in [2.05, 4.69) is 10.5 Å². The first-order chi connectivity index (χ1) is 13.8. The number of nitrogens with zero attached hydrogens (tertiary/aromatic N) is 2. The van der Waals surface area contributed by atoms with Gasteiger partial charge in [0.05, 0.1) is 21.2 Å². The number of carbonyl (C=O) groups is 1. The van der Waals surface area contributed by atoms with Crippen molar-refractivity contribution in [3.05, 3.63) is 80.2 Å². The molecule has 1 N–H and O–H groups in total. The van der Waals surface area contributed by atoms with E-state index in [9.17, 15) is 23.7 Å². The standard InChI is InChI=1S/C18H12ClF2N3O5/c1-9-12(8-28-16-5-2-10(20)6-14(16)21)17(23-29-9)18(25)22-15-7-11(24(26)27)3-4-13(15)19/h2-7H,8H2,1H3,(H,22,25). The summed E-state index contributed by atoms with van der Waals surface area (Å²) < 4.78 is 37.0. The minimum atomic E-state index is -0.909. The number of carbonyl (C=O) groups excluding carboxylic acids is 1. The predicted octanol–water partition coefficient (Wildman–Crippen LogP) is 4.65. The van der Waals surface area contributed by atoms with Crippen molar-refractivity contribution in [2.24, 2.45) is 0 Å². The van der Waals surface area contributed by atoms with E-state index in [0.717, 1.165) is 18.2 Å². The fourth-order valence-corrected chi connectivity index (χ4v) is 2.55. The highest BCUT2D eigenvalue weighted by molar-refractivity contribution is 6.34. The number of hydrogen-bond acceptors (Lipinski definition) is 6. The summed E-state index contributed by atoms with van der Waals surface area (Å²) in [5.41, 5.74) is -0.222. The summed E-state index contributed by atoms with van der Waals surface area (Å²) in [6, 6.07) is 6.34. The van der Waals surface area contributed by atoms with Gasteiger partial charge in [-0.15, -0.1) is 0 Å². The molecule has 1 heterocycles. The monoisotopic (exact) mass is 423 g/mol. The highest BCUT2D eigenvalue weighted by Crippen LogP contribution is 2.28. The van der Waals surface area contributed by atoms with E-state index >= 15 is 0 Å². The number of rotatable bonds is 6. The van der Waals surface area contributed by atoms with Crippen LogP contribution in [0.3, 0.4) is 0 Å². The summed E-state index contributed by atoms with van der Waals surface area (Å²) in [7, 11) is 0. The molecule has 0 atom stereocenters. The van der Waals surface area contributed by atoms with Crippen molar-refractivity contribution in [1.29, 1.82) is 0 Å². The number of hydrogen-bond donors (Lipinski definition) is 1. The Kier molecular flexibility index (Phi) is 5.74. The number of aryl methyl sites for hydroxylation is 1. The molecule has 29 heavy (non-hydrogen) atoms. The molecule has 0 fully saturated rings. The summed E-state index contributed by atoms with van der Waals surface area (Å²) >= 11 is 5.97. The molecule has 0 radical (unpaired) electrons. The molecule has 8 nitrogen and oxygen atoms in total. The molecular weight excluding hydrogens is 412 g/mol. The van der Waals surface area contributed by atoms with E-state index in [1.54, 1.807) is 0 Å². The molecule has 3 aromatic rings. The molecule has 0 aliphatic carbocycles. The Labute approximate surface area is 167 Å². The quantitative estimate of drug-likeness (QED) is 0.456. The van der Waals surface area contributed by atoms with Gasteiger partial charge in [0.15, 0.2) is 17.3 Å². The van der Waals surface area contributed by atoms with Crippen LogP contribution in [0.15, 0.2) is 40.9 Å². The Hall–Kier alpha value is -3.53. The third-order valence-electron chi connectivity index (χ3n) is 3.87. The van der Waals surface area contributed by atoms with E-state index in [4.69, 9.17) is 20.9 Å². The maximum Gasteiger partial charge on any atom is 0.278 e. The molecule has 150 valence electrons. The third kappa shape index (κ3) is 4.49. The molecule has 0 saturated carbocycles. The van der Waals surface area contributed by atoms with Gasteiger partial charge in [0.1, 0.15) is 18.2 Å². The van der Waals surface area contributed by atoms with Crippen molar-refractivity contribution in [3.8, 4) is 5.75 Å². The lowest BCUT2D eigenvalue weighted by Gasteiger charge is -2.09. The molecule has 0 aliphatic heterocycles. The lowest BCUT2D eigenvalue weighted by molar-refractivity contribution is -0.384. The number of nitrogens with one attached hydrogen (secondary N) is 1. The lowest BCUT2D eigenvalue weighted by atomic mass is 10.2. The van der Waals surface area contributed by atoms with Gasteiger partial charge in [-0.1, -0.05) is 16.8 Å². The SMILES string of the molecule is Cc1onc(C(=O)Nc2cc([N+](=O)[O-])ccc2Cl)c1COc1ccc(F)cc1F. The number of nitro groups is 1. The number of nitro benzene ring substituents is 1. The van der Waals surface area contributed by atoms with Gasteiger partial charge in [-0.2, -0.15) is 0 Å². The van der Waals surface area contributed by atoms with Crippen molar-refractivity contribution < 1.29 is 27.8 Å². The topological polar surface area (TPSA) is 108 Å². The summed E-state index contributed by atoms with van der Waals surface area (Å²) in [6.45, 7) is 1.23. The maximum absolute atomic E-state index is 13.7. The zero-order chi connectivity index (χ0) is 21.1. The molecule has 1 amide bonds. The van der Waals surface area contributed by atoms with Gasteiger partial charge in [0, 0.05) is 18.2 Å². The second-order valence-corrected chi connectivity index (χ2v) is 6.21. The van der Waals surface area contributed by atoms with Gasteiger partial charge in [-0.25, -0.2) is 8.78 Å². The number of halogens is 3. The number of non-ortho nitro benzene ring substituents is 1. The van der Waals surface area contributed by atoms with E-state index in [1.165, 1.54) is 19.1 Å². The highest BCUT2D eigenvalue weighted by atomic mass is 35.5. The van der Waals surface area contributed by atoms with Crippen LogP contribution < -0.4 is 10.1 Å². The van der Waals surface area contributed by atoms with Crippen LogP contribution in [0.1, 0.15) is 21.8 Å². The minimum absolute atomic E-state index is 0.00275. The fraction of sp³-hybridized carbons (Fsp3) is 0.111. The molecule has 0 spiro atoms. The first-order valence-electron chi connectivity index (χ1n) is 8.04. The van der Waals surface area contributed by atoms with E-state index in [0.29, 0.717) is 6.07 Å². The Morgan fingerprint density at radius 1 is 1.31 bits per heavy atom. The normalized spacial score (nSPS) is 10.6. The second kappa shape index (κ2) is 8.23. The van der Waals surface area contributed by atoms with Crippen LogP contribution in [0.25, 0.3) is 0 Å². The summed E-state index contributed by atoms with van der Waals surface area (Å²) in [5.74, 6) is -2.41. The van der Waals surface area contributed by atoms with Crippen LogP contribution in [0.4, 0.5) is 20.2 Å². The fourth-order valence-electron chi connectivity index (χ4n) is 2.39. The van der Waals surface area contributed by atoms with Crippen molar-refractivity contribution in [3.63, 3.8) is 0 Å². The molecule has 3 rings (SSSR count). The Morgan fingerprint density at radius 2 is 2.07 bits per heavy atom. The smallest absolute Gasteiger partial charge is 0.278 e. The average molecular weight is 424 g/mol. The summed E-state index contributed by atoms with van der Waals surface area (Å²) in [5, 5.41) is 17.0. The van der Waals surface area contributed by atoms with E-state index in [1.807, 2.05) is 0 Å². The van der Waals surface area contributed by atoms with Crippen LogP contribution in [0, 0.1) is 28.7 Å². The van der Waals surface area contributed by atoms with Gasteiger partial charge in [-0.3, -0.25) is 14.9 Å². The lowest BCUT2D eigenvalue weighted by Crippen LogP contribution is -2.16. The molecule has 11 heteroatoms. The van der Waals surface area contributed by atoms with Gasteiger partial charge < -0.3 is 14.6 Å². The zero-order valence-corrected chi connectivity index (χ0v) is 15.5. The van der Waals surface area contributed by atoms with Gasteiger partial charge in [-0.05, 0) is 25.1 Å². The molecule has 0 saturated heterocycles. The zero-order valence-electron chi connectivity index (χ0n) is 14.7. The minimum Gasteiger partial charge on any atom is -0.486 e. The molecule has 0 unspecified atom stereocenters. The van der Waals surface area contributed by atoms with Crippen LogP contribution in [-0.2, 0) is 6.61 Å². The first-order valence-corrected chi connectivity index (χ1v) is 8.42. The van der Waals surface area contributed by atoms with Gasteiger partial charge in [0.2, 0.25) is 0 Å². The van der Waals surface area contributed by atoms with Crippen LogP contribution >= 0.6 is 11.6 Å². The van der Waals surface area contributed by atoms with Gasteiger partial charge >= 0.3 is 0 Å². The van der Waals surface area contributed by atoms with Crippen LogP contribution in [0.5, 0.6) is 5.75 Å². The number of anilines is 1. The second-order valence-electron chi connectivity index (χ2n) is 5.80. The molecule has 2 aromatic carbocycles. The molecule has 0 bridgehead atoms. The Morgan fingerprint density at radius 3 is 2.76 bits per heavy atom.